The Labute approximate surface area is 166 Å². The van der Waals surface area contributed by atoms with E-state index in [9.17, 15) is 4.79 Å². The van der Waals surface area contributed by atoms with Gasteiger partial charge in [0.2, 0.25) is 0 Å². The molecular weight excluding hydrogens is 344 g/mol. The lowest BCUT2D eigenvalue weighted by Gasteiger charge is -2.23. The molecule has 1 saturated heterocycles. The van der Waals surface area contributed by atoms with Crippen LogP contribution in [0.4, 0.5) is 0 Å². The summed E-state index contributed by atoms with van der Waals surface area (Å²) in [6.45, 7) is 4.20. The average molecular weight is 381 g/mol. The van der Waals surface area contributed by atoms with Crippen LogP contribution in [0, 0.1) is 0 Å². The number of hydrogen-bond donors (Lipinski definition) is 1. The highest BCUT2D eigenvalue weighted by Crippen LogP contribution is 2.15. The van der Waals surface area contributed by atoms with Crippen molar-refractivity contribution in [3.8, 4) is 0 Å². The van der Waals surface area contributed by atoms with E-state index < -0.39 is 0 Å². The minimum absolute atomic E-state index is 0. The van der Waals surface area contributed by atoms with Crippen LogP contribution in [0.25, 0.3) is 0 Å². The summed E-state index contributed by atoms with van der Waals surface area (Å²) < 4.78 is 0. The Morgan fingerprint density at radius 2 is 1.65 bits per heavy atom. The Morgan fingerprint density at radius 1 is 1.04 bits per heavy atom. The second-order valence-corrected chi connectivity index (χ2v) is 7.48. The maximum absolute atomic E-state index is 12.5. The number of likely N-dealkylation sites (N-methyl/N-ethyl adjacent to an activating group) is 1. The molecule has 1 heterocycles. The first-order chi connectivity index (χ1) is 12.2. The van der Waals surface area contributed by atoms with E-state index in [1.165, 1.54) is 56.9 Å². The van der Waals surface area contributed by atoms with E-state index in [4.69, 9.17) is 0 Å². The summed E-state index contributed by atoms with van der Waals surface area (Å²) in [5.74, 6) is 0.146. The minimum atomic E-state index is 0. The molecule has 1 amide bonds. The molecule has 26 heavy (non-hydrogen) atoms. The molecule has 148 valence electrons. The molecule has 0 spiro atoms. The van der Waals surface area contributed by atoms with Crippen LogP contribution in [0.15, 0.2) is 24.3 Å². The summed E-state index contributed by atoms with van der Waals surface area (Å²) in [6, 6.07) is 8.61. The first kappa shape index (κ1) is 23.0. The number of hydrogen-bond acceptors (Lipinski definition) is 2. The van der Waals surface area contributed by atoms with Crippen LogP contribution < -0.4 is 5.32 Å². The van der Waals surface area contributed by atoms with Gasteiger partial charge in [-0.3, -0.25) is 4.79 Å². The van der Waals surface area contributed by atoms with Crippen LogP contribution in [0.3, 0.4) is 0 Å². The Kier molecular flexibility index (Phi) is 11.6. The number of nitrogens with zero attached hydrogens (tertiary/aromatic N) is 1. The van der Waals surface area contributed by atoms with Gasteiger partial charge in [0.25, 0.3) is 5.91 Å². The second-order valence-electron chi connectivity index (χ2n) is 7.48. The van der Waals surface area contributed by atoms with Gasteiger partial charge < -0.3 is 10.2 Å². The van der Waals surface area contributed by atoms with Crippen molar-refractivity contribution in [1.29, 1.82) is 0 Å². The number of halogens is 1. The van der Waals surface area contributed by atoms with Gasteiger partial charge in [-0.15, -0.1) is 12.4 Å². The molecule has 0 aliphatic carbocycles. The lowest BCUT2D eigenvalue weighted by Crippen LogP contribution is -2.38. The molecule has 0 bridgehead atoms. The van der Waals surface area contributed by atoms with Crippen LogP contribution in [0.1, 0.15) is 80.6 Å². The Balaban J connectivity index is 0.00000338. The van der Waals surface area contributed by atoms with E-state index >= 15 is 0 Å². The SMILES string of the molecule is CCCCCCCCCCc1ccc(C(=O)N(C)C2CCNC2)cc1.Cl. The normalized spacial score (nSPS) is 16.3. The smallest absolute Gasteiger partial charge is 0.253 e. The van der Waals surface area contributed by atoms with E-state index in [0.29, 0.717) is 6.04 Å². The highest BCUT2D eigenvalue weighted by Gasteiger charge is 2.23. The lowest BCUT2D eigenvalue weighted by atomic mass is 10.0. The quantitative estimate of drug-likeness (QED) is 0.533. The molecular formula is C22H37ClN2O. The summed E-state index contributed by atoms with van der Waals surface area (Å²) in [5.41, 5.74) is 2.17. The fourth-order valence-electron chi connectivity index (χ4n) is 3.62. The van der Waals surface area contributed by atoms with Crippen molar-refractivity contribution in [2.24, 2.45) is 0 Å². The fourth-order valence-corrected chi connectivity index (χ4v) is 3.62. The van der Waals surface area contributed by atoms with E-state index in [0.717, 1.165) is 31.5 Å². The molecule has 4 heteroatoms. The van der Waals surface area contributed by atoms with Crippen LogP contribution >= 0.6 is 12.4 Å². The Morgan fingerprint density at radius 3 is 2.23 bits per heavy atom. The molecule has 1 aromatic rings. The maximum atomic E-state index is 12.5. The third-order valence-electron chi connectivity index (χ3n) is 5.42. The van der Waals surface area contributed by atoms with Crippen LogP contribution in [0.2, 0.25) is 0 Å². The maximum Gasteiger partial charge on any atom is 0.253 e. The predicted molar refractivity (Wildman–Crippen MR) is 113 cm³/mol. The van der Waals surface area contributed by atoms with Gasteiger partial charge in [-0.2, -0.15) is 0 Å². The van der Waals surface area contributed by atoms with Crippen molar-refractivity contribution in [1.82, 2.24) is 10.2 Å². The average Bonchev–Trinajstić information content (AvgIpc) is 3.18. The molecule has 1 aliphatic heterocycles. The molecule has 1 fully saturated rings. The van der Waals surface area contributed by atoms with Crippen LogP contribution in [0.5, 0.6) is 0 Å². The Bertz CT molecular complexity index is 497. The zero-order valence-corrected chi connectivity index (χ0v) is 17.5. The number of rotatable bonds is 11. The van der Waals surface area contributed by atoms with E-state index in [1.807, 2.05) is 24.1 Å². The molecule has 1 aliphatic rings. The van der Waals surface area contributed by atoms with Gasteiger partial charge in [-0.25, -0.2) is 0 Å². The topological polar surface area (TPSA) is 32.3 Å². The molecule has 1 aromatic carbocycles. The summed E-state index contributed by atoms with van der Waals surface area (Å²) in [6.07, 6.45) is 13.0. The molecule has 1 atom stereocenters. The number of aryl methyl sites for hydroxylation is 1. The largest absolute Gasteiger partial charge is 0.337 e. The highest BCUT2D eigenvalue weighted by molar-refractivity contribution is 5.94. The summed E-state index contributed by atoms with van der Waals surface area (Å²) in [5, 5.41) is 3.32. The monoisotopic (exact) mass is 380 g/mol. The number of carbonyl (C=O) groups is 1. The van der Waals surface area contributed by atoms with Crippen LogP contribution in [-0.4, -0.2) is 37.0 Å². The molecule has 0 radical (unpaired) electrons. The van der Waals surface area contributed by atoms with Crippen molar-refractivity contribution < 1.29 is 4.79 Å². The summed E-state index contributed by atoms with van der Waals surface area (Å²) in [7, 11) is 1.93. The number of amides is 1. The lowest BCUT2D eigenvalue weighted by molar-refractivity contribution is 0.0744. The number of nitrogens with one attached hydrogen (secondary N) is 1. The third-order valence-corrected chi connectivity index (χ3v) is 5.42. The van der Waals surface area contributed by atoms with Crippen molar-refractivity contribution >= 4 is 18.3 Å². The number of carbonyl (C=O) groups excluding carboxylic acids is 1. The summed E-state index contributed by atoms with van der Waals surface area (Å²) >= 11 is 0. The number of unbranched alkanes of at least 4 members (excludes halogenated alkanes) is 7. The molecule has 2 rings (SSSR count). The first-order valence-corrected chi connectivity index (χ1v) is 10.3. The van der Waals surface area contributed by atoms with E-state index in [2.05, 4.69) is 24.4 Å². The minimum Gasteiger partial charge on any atom is -0.337 e. The van der Waals surface area contributed by atoms with E-state index in [-0.39, 0.29) is 18.3 Å². The van der Waals surface area contributed by atoms with Gasteiger partial charge in [0, 0.05) is 25.2 Å². The van der Waals surface area contributed by atoms with Gasteiger partial charge in [0.1, 0.15) is 0 Å². The highest BCUT2D eigenvalue weighted by atomic mass is 35.5. The van der Waals surface area contributed by atoms with Crippen molar-refractivity contribution in [2.75, 3.05) is 20.1 Å². The van der Waals surface area contributed by atoms with Crippen molar-refractivity contribution in [3.63, 3.8) is 0 Å². The van der Waals surface area contributed by atoms with Crippen molar-refractivity contribution in [2.45, 2.75) is 77.2 Å². The molecule has 0 saturated carbocycles. The zero-order chi connectivity index (χ0) is 17.9. The van der Waals surface area contributed by atoms with Gasteiger partial charge in [-0.05, 0) is 43.5 Å². The third kappa shape index (κ3) is 7.67. The fraction of sp³-hybridized carbons (Fsp3) is 0.682. The van der Waals surface area contributed by atoms with E-state index in [1.54, 1.807) is 0 Å². The molecule has 1 unspecified atom stereocenters. The van der Waals surface area contributed by atoms with Crippen LogP contribution in [-0.2, 0) is 6.42 Å². The molecule has 0 aromatic heterocycles. The van der Waals surface area contributed by atoms with Gasteiger partial charge in [0.15, 0.2) is 0 Å². The van der Waals surface area contributed by atoms with Gasteiger partial charge in [0.05, 0.1) is 0 Å². The number of benzene rings is 1. The van der Waals surface area contributed by atoms with Gasteiger partial charge >= 0.3 is 0 Å². The second kappa shape index (κ2) is 13.2. The standard InChI is InChI=1S/C22H36N2O.ClH/c1-3-4-5-6-7-8-9-10-11-19-12-14-20(15-13-19)22(25)24(2)21-16-17-23-18-21;/h12-15,21,23H,3-11,16-18H2,1-2H3;1H. The van der Waals surface area contributed by atoms with Crippen molar-refractivity contribution in [3.05, 3.63) is 35.4 Å². The van der Waals surface area contributed by atoms with Gasteiger partial charge in [-0.1, -0.05) is 64.0 Å². The molecule has 1 N–H and O–H groups in total. The molecule has 3 nitrogen and oxygen atoms in total. The predicted octanol–water partition coefficient (Wildman–Crippen LogP) is 5.23. The zero-order valence-electron chi connectivity index (χ0n) is 16.6. The first-order valence-electron chi connectivity index (χ1n) is 10.3. The Hall–Kier alpha value is -1.06. The summed E-state index contributed by atoms with van der Waals surface area (Å²) in [4.78, 5) is 14.4.